The summed E-state index contributed by atoms with van der Waals surface area (Å²) in [6, 6.07) is 2.05. The quantitative estimate of drug-likeness (QED) is 0.891. The lowest BCUT2D eigenvalue weighted by Gasteiger charge is -2.33. The van der Waals surface area contributed by atoms with Gasteiger partial charge in [0.2, 0.25) is 0 Å². The van der Waals surface area contributed by atoms with Crippen molar-refractivity contribution in [1.82, 2.24) is 9.97 Å². The molecule has 1 aliphatic heterocycles. The summed E-state index contributed by atoms with van der Waals surface area (Å²) in [6.45, 7) is 9.08. The molecule has 100 valence electrons. The average molecular weight is 249 g/mol. The maximum atomic E-state index is 5.42. The van der Waals surface area contributed by atoms with E-state index < -0.39 is 0 Å². The fourth-order valence-corrected chi connectivity index (χ4v) is 2.25. The predicted molar refractivity (Wildman–Crippen MR) is 72.8 cm³/mol. The van der Waals surface area contributed by atoms with E-state index >= 15 is 0 Å². The van der Waals surface area contributed by atoms with Crippen LogP contribution >= 0.6 is 0 Å². The molecular weight excluding hydrogens is 226 g/mol. The lowest BCUT2D eigenvalue weighted by molar-refractivity contribution is 0.0299. The van der Waals surface area contributed by atoms with Gasteiger partial charge in [-0.15, -0.1) is 0 Å². The zero-order chi connectivity index (χ0) is 13.0. The fraction of sp³-hybridized carbons (Fsp3) is 0.714. The average Bonchev–Trinajstić information content (AvgIpc) is 2.37. The molecule has 0 aliphatic carbocycles. The van der Waals surface area contributed by atoms with Crippen molar-refractivity contribution in [2.24, 2.45) is 5.41 Å². The number of aromatic nitrogens is 2. The fourth-order valence-electron chi connectivity index (χ4n) is 2.25. The van der Waals surface area contributed by atoms with Crippen LogP contribution in [0, 0.1) is 12.3 Å². The van der Waals surface area contributed by atoms with E-state index in [1.54, 1.807) is 0 Å². The molecular formula is C14H23N3O. The number of rotatable bonds is 4. The first-order chi connectivity index (χ1) is 8.61. The van der Waals surface area contributed by atoms with Gasteiger partial charge in [0.05, 0.1) is 0 Å². The number of nitrogens with zero attached hydrogens (tertiary/aromatic N) is 2. The van der Waals surface area contributed by atoms with Crippen molar-refractivity contribution in [2.45, 2.75) is 40.0 Å². The van der Waals surface area contributed by atoms with Gasteiger partial charge in [-0.25, -0.2) is 9.97 Å². The first kappa shape index (κ1) is 13.3. The van der Waals surface area contributed by atoms with Gasteiger partial charge in [0.25, 0.3) is 0 Å². The van der Waals surface area contributed by atoms with Crippen LogP contribution in [-0.2, 0) is 11.2 Å². The molecule has 0 amide bonds. The zero-order valence-corrected chi connectivity index (χ0v) is 11.6. The minimum absolute atomic E-state index is 0.323. The van der Waals surface area contributed by atoms with Crippen molar-refractivity contribution >= 4 is 5.82 Å². The van der Waals surface area contributed by atoms with E-state index in [0.29, 0.717) is 5.41 Å². The van der Waals surface area contributed by atoms with Crippen molar-refractivity contribution in [3.8, 4) is 0 Å². The lowest BCUT2D eigenvalue weighted by atomic mass is 9.82. The number of nitrogens with one attached hydrogen (secondary N) is 1. The van der Waals surface area contributed by atoms with Gasteiger partial charge in [0, 0.05) is 31.5 Å². The van der Waals surface area contributed by atoms with Gasteiger partial charge in [-0.05, 0) is 31.6 Å². The summed E-state index contributed by atoms with van der Waals surface area (Å²) in [5.41, 5.74) is 1.42. The van der Waals surface area contributed by atoms with Crippen molar-refractivity contribution in [3.05, 3.63) is 17.6 Å². The number of aryl methyl sites for hydroxylation is 2. The lowest BCUT2D eigenvalue weighted by Crippen LogP contribution is -2.33. The highest BCUT2D eigenvalue weighted by Gasteiger charge is 2.27. The SMILES string of the molecule is CCc1cc(NCC2(C)CCOCC2)nc(C)n1. The van der Waals surface area contributed by atoms with Gasteiger partial charge in [0.15, 0.2) is 0 Å². The maximum absolute atomic E-state index is 5.42. The van der Waals surface area contributed by atoms with Gasteiger partial charge in [-0.2, -0.15) is 0 Å². The number of hydrogen-bond acceptors (Lipinski definition) is 4. The van der Waals surface area contributed by atoms with Crippen LogP contribution in [-0.4, -0.2) is 29.7 Å². The second-order valence-electron chi connectivity index (χ2n) is 5.42. The Labute approximate surface area is 109 Å². The third-order valence-corrected chi connectivity index (χ3v) is 3.65. The molecule has 0 saturated carbocycles. The van der Waals surface area contributed by atoms with Gasteiger partial charge in [-0.3, -0.25) is 0 Å². The Morgan fingerprint density at radius 1 is 1.33 bits per heavy atom. The van der Waals surface area contributed by atoms with E-state index in [-0.39, 0.29) is 0 Å². The number of ether oxygens (including phenoxy) is 1. The number of anilines is 1. The van der Waals surface area contributed by atoms with E-state index in [0.717, 1.165) is 56.4 Å². The zero-order valence-electron chi connectivity index (χ0n) is 11.6. The Hall–Kier alpha value is -1.16. The first-order valence-corrected chi connectivity index (χ1v) is 6.77. The van der Waals surface area contributed by atoms with Crippen LogP contribution in [0.25, 0.3) is 0 Å². The summed E-state index contributed by atoms with van der Waals surface area (Å²) in [6.07, 6.45) is 3.18. The Bertz CT molecular complexity index is 400. The molecule has 1 N–H and O–H groups in total. The first-order valence-electron chi connectivity index (χ1n) is 6.77. The molecule has 1 fully saturated rings. The van der Waals surface area contributed by atoms with Crippen LogP contribution in [0.5, 0.6) is 0 Å². The second-order valence-corrected chi connectivity index (χ2v) is 5.42. The van der Waals surface area contributed by atoms with Gasteiger partial charge < -0.3 is 10.1 Å². The van der Waals surface area contributed by atoms with Crippen LogP contribution in [0.4, 0.5) is 5.82 Å². The van der Waals surface area contributed by atoms with Crippen LogP contribution in [0.2, 0.25) is 0 Å². The Balaban J connectivity index is 1.98. The molecule has 0 atom stereocenters. The molecule has 1 aliphatic rings. The second kappa shape index (κ2) is 5.65. The molecule has 18 heavy (non-hydrogen) atoms. The normalized spacial score (nSPS) is 18.6. The van der Waals surface area contributed by atoms with Gasteiger partial charge in [-0.1, -0.05) is 13.8 Å². The van der Waals surface area contributed by atoms with E-state index in [1.807, 2.05) is 6.92 Å². The van der Waals surface area contributed by atoms with Crippen LogP contribution in [0.15, 0.2) is 6.07 Å². The highest BCUT2D eigenvalue weighted by atomic mass is 16.5. The van der Waals surface area contributed by atoms with Crippen molar-refractivity contribution in [2.75, 3.05) is 25.1 Å². The molecule has 0 aromatic carbocycles. The highest BCUT2D eigenvalue weighted by molar-refractivity contribution is 5.36. The Morgan fingerprint density at radius 2 is 2.06 bits per heavy atom. The monoisotopic (exact) mass is 249 g/mol. The summed E-state index contributed by atoms with van der Waals surface area (Å²) in [5, 5.41) is 3.46. The van der Waals surface area contributed by atoms with Crippen LogP contribution < -0.4 is 5.32 Å². The molecule has 0 radical (unpaired) electrons. The van der Waals surface area contributed by atoms with E-state index in [2.05, 4.69) is 35.2 Å². The molecule has 0 spiro atoms. The maximum Gasteiger partial charge on any atom is 0.129 e. The standard InChI is InChI=1S/C14H23N3O/c1-4-12-9-13(17-11(2)16-12)15-10-14(3)5-7-18-8-6-14/h9H,4-8,10H2,1-3H3,(H,15,16,17). The molecule has 1 aromatic rings. The largest absolute Gasteiger partial charge is 0.381 e. The molecule has 1 aromatic heterocycles. The van der Waals surface area contributed by atoms with Crippen molar-refractivity contribution in [3.63, 3.8) is 0 Å². The minimum atomic E-state index is 0.323. The summed E-state index contributed by atoms with van der Waals surface area (Å²) in [5.74, 6) is 1.79. The van der Waals surface area contributed by atoms with Crippen molar-refractivity contribution in [1.29, 1.82) is 0 Å². The smallest absolute Gasteiger partial charge is 0.129 e. The molecule has 0 unspecified atom stereocenters. The van der Waals surface area contributed by atoms with E-state index in [1.165, 1.54) is 0 Å². The molecule has 0 bridgehead atoms. The van der Waals surface area contributed by atoms with E-state index in [4.69, 9.17) is 4.74 Å². The van der Waals surface area contributed by atoms with Gasteiger partial charge in [0.1, 0.15) is 11.6 Å². The summed E-state index contributed by atoms with van der Waals surface area (Å²) in [4.78, 5) is 8.84. The summed E-state index contributed by atoms with van der Waals surface area (Å²) >= 11 is 0. The minimum Gasteiger partial charge on any atom is -0.381 e. The molecule has 2 heterocycles. The summed E-state index contributed by atoms with van der Waals surface area (Å²) in [7, 11) is 0. The topological polar surface area (TPSA) is 47.0 Å². The van der Waals surface area contributed by atoms with Crippen molar-refractivity contribution < 1.29 is 4.74 Å². The van der Waals surface area contributed by atoms with Crippen LogP contribution in [0.3, 0.4) is 0 Å². The molecule has 1 saturated heterocycles. The molecule has 4 heteroatoms. The third kappa shape index (κ3) is 3.42. The molecule has 2 rings (SSSR count). The Kier molecular flexibility index (Phi) is 4.17. The van der Waals surface area contributed by atoms with Gasteiger partial charge >= 0.3 is 0 Å². The summed E-state index contributed by atoms with van der Waals surface area (Å²) < 4.78 is 5.42. The highest BCUT2D eigenvalue weighted by Crippen LogP contribution is 2.29. The number of hydrogen-bond donors (Lipinski definition) is 1. The predicted octanol–water partition coefficient (Wildman–Crippen LogP) is 2.58. The molecule has 4 nitrogen and oxygen atoms in total. The van der Waals surface area contributed by atoms with E-state index in [9.17, 15) is 0 Å². The third-order valence-electron chi connectivity index (χ3n) is 3.65. The van der Waals surface area contributed by atoms with Crippen LogP contribution in [0.1, 0.15) is 38.2 Å². The Morgan fingerprint density at radius 3 is 2.72 bits per heavy atom.